The van der Waals surface area contributed by atoms with Crippen molar-refractivity contribution in [3.05, 3.63) is 52.2 Å². The number of thiophene rings is 1. The molecule has 7 heteroatoms. The molecule has 0 spiro atoms. The van der Waals surface area contributed by atoms with E-state index in [9.17, 15) is 14.4 Å². The minimum Gasteiger partial charge on any atom is -0.452 e. The minimum absolute atomic E-state index is 0.135. The fourth-order valence-corrected chi connectivity index (χ4v) is 4.16. The third-order valence-electron chi connectivity index (χ3n) is 5.51. The van der Waals surface area contributed by atoms with Gasteiger partial charge in [-0.05, 0) is 54.0 Å². The van der Waals surface area contributed by atoms with Crippen LogP contribution in [-0.4, -0.2) is 30.4 Å². The number of carbonyl (C=O) groups is 3. The van der Waals surface area contributed by atoms with E-state index in [0.29, 0.717) is 28.0 Å². The topological polar surface area (TPSA) is 84.5 Å². The molecule has 6 nitrogen and oxygen atoms in total. The molecule has 0 radical (unpaired) electrons. The van der Waals surface area contributed by atoms with Crippen LogP contribution in [0.5, 0.6) is 0 Å². The molecular formula is C22H26N2O4S. The van der Waals surface area contributed by atoms with Gasteiger partial charge in [0.25, 0.3) is 11.8 Å². The van der Waals surface area contributed by atoms with Gasteiger partial charge >= 0.3 is 5.97 Å². The normalized spacial score (nSPS) is 21.2. The van der Waals surface area contributed by atoms with Crippen LogP contribution in [0.25, 0.3) is 0 Å². The van der Waals surface area contributed by atoms with Crippen LogP contribution in [0.1, 0.15) is 53.1 Å². The maximum absolute atomic E-state index is 12.2. The van der Waals surface area contributed by atoms with Crippen molar-refractivity contribution in [1.82, 2.24) is 5.32 Å². The van der Waals surface area contributed by atoms with E-state index >= 15 is 0 Å². The predicted molar refractivity (Wildman–Crippen MR) is 113 cm³/mol. The van der Waals surface area contributed by atoms with Gasteiger partial charge in [0, 0.05) is 11.7 Å². The zero-order valence-corrected chi connectivity index (χ0v) is 17.5. The Morgan fingerprint density at radius 3 is 2.55 bits per heavy atom. The lowest BCUT2D eigenvalue weighted by Crippen LogP contribution is -2.45. The molecule has 1 aromatic carbocycles. The van der Waals surface area contributed by atoms with E-state index in [-0.39, 0.29) is 24.5 Å². The van der Waals surface area contributed by atoms with Crippen LogP contribution >= 0.6 is 11.3 Å². The van der Waals surface area contributed by atoms with Gasteiger partial charge in [-0.25, -0.2) is 4.79 Å². The highest BCUT2D eigenvalue weighted by Gasteiger charge is 2.28. The Kier molecular flexibility index (Phi) is 7.04. The largest absolute Gasteiger partial charge is 0.452 e. The van der Waals surface area contributed by atoms with Gasteiger partial charge in [-0.3, -0.25) is 9.59 Å². The highest BCUT2D eigenvalue weighted by Crippen LogP contribution is 2.29. The molecule has 1 heterocycles. The van der Waals surface area contributed by atoms with E-state index in [1.54, 1.807) is 30.3 Å². The summed E-state index contributed by atoms with van der Waals surface area (Å²) in [7, 11) is 0. The average molecular weight is 415 g/mol. The zero-order valence-electron chi connectivity index (χ0n) is 16.6. The van der Waals surface area contributed by atoms with Crippen molar-refractivity contribution in [3.8, 4) is 0 Å². The van der Waals surface area contributed by atoms with E-state index < -0.39 is 5.97 Å². The predicted octanol–water partition coefficient (Wildman–Crippen LogP) is 4.10. The number of carbonyl (C=O) groups excluding carboxylic acids is 3. The highest BCUT2D eigenvalue weighted by molar-refractivity contribution is 7.12. The summed E-state index contributed by atoms with van der Waals surface area (Å²) in [4.78, 5) is 37.0. The van der Waals surface area contributed by atoms with Crippen molar-refractivity contribution in [2.45, 2.75) is 39.2 Å². The molecule has 0 bridgehead atoms. The molecule has 0 saturated heterocycles. The van der Waals surface area contributed by atoms with E-state index in [1.807, 2.05) is 11.4 Å². The Labute approximate surface area is 174 Å². The number of ether oxygens (including phenoxy) is 1. The van der Waals surface area contributed by atoms with E-state index in [0.717, 1.165) is 12.8 Å². The number of esters is 1. The van der Waals surface area contributed by atoms with Crippen molar-refractivity contribution in [1.29, 1.82) is 0 Å². The third kappa shape index (κ3) is 5.67. The number of nitrogens with one attached hydrogen (secondary N) is 2. The first-order valence-electron chi connectivity index (χ1n) is 9.85. The second-order valence-electron chi connectivity index (χ2n) is 7.53. The van der Waals surface area contributed by atoms with Gasteiger partial charge < -0.3 is 15.4 Å². The average Bonchev–Trinajstić information content (AvgIpc) is 3.25. The first-order valence-corrected chi connectivity index (χ1v) is 10.7. The Morgan fingerprint density at radius 2 is 1.86 bits per heavy atom. The smallest absolute Gasteiger partial charge is 0.338 e. The van der Waals surface area contributed by atoms with Crippen LogP contribution in [0, 0.1) is 11.8 Å². The molecule has 1 aromatic heterocycles. The van der Waals surface area contributed by atoms with Gasteiger partial charge in [0.15, 0.2) is 6.61 Å². The Hall–Kier alpha value is -2.67. The van der Waals surface area contributed by atoms with Gasteiger partial charge in [0.2, 0.25) is 0 Å². The zero-order chi connectivity index (χ0) is 20.8. The lowest BCUT2D eigenvalue weighted by atomic mass is 9.78. The second kappa shape index (κ2) is 9.69. The first-order chi connectivity index (χ1) is 13.9. The second-order valence-corrected chi connectivity index (χ2v) is 8.47. The molecule has 3 rings (SSSR count). The quantitative estimate of drug-likeness (QED) is 0.697. The highest BCUT2D eigenvalue weighted by atomic mass is 32.1. The van der Waals surface area contributed by atoms with Gasteiger partial charge in [0.1, 0.15) is 0 Å². The van der Waals surface area contributed by atoms with Crippen LogP contribution < -0.4 is 10.6 Å². The molecule has 1 aliphatic carbocycles. The monoisotopic (exact) mass is 414 g/mol. The molecule has 3 atom stereocenters. The number of hydrogen-bond acceptors (Lipinski definition) is 5. The van der Waals surface area contributed by atoms with Crippen molar-refractivity contribution in [2.24, 2.45) is 11.8 Å². The van der Waals surface area contributed by atoms with Crippen LogP contribution in [0.2, 0.25) is 0 Å². The summed E-state index contributed by atoms with van der Waals surface area (Å²) < 4.78 is 5.14. The standard InChI is InChI=1S/C22H26N2O4S/c1-14-5-3-6-18(15(14)2)24-20(25)13-28-22(27)16-8-10-17(11-9-16)23-21(26)19-7-4-12-29-19/h4,7-12,14-15,18H,3,5-6,13H2,1-2H3,(H,23,26)(H,24,25)/t14-,15+,18-/m0/s1. The molecule has 2 amide bonds. The SMILES string of the molecule is C[C@H]1[C@@H](NC(=O)COC(=O)c2ccc(NC(=O)c3cccs3)cc2)CCC[C@@H]1C. The molecule has 1 saturated carbocycles. The van der Waals surface area contributed by atoms with Crippen LogP contribution in [-0.2, 0) is 9.53 Å². The summed E-state index contributed by atoms with van der Waals surface area (Å²) >= 11 is 1.36. The van der Waals surface area contributed by atoms with Crippen LogP contribution in [0.4, 0.5) is 5.69 Å². The molecule has 154 valence electrons. The lowest BCUT2D eigenvalue weighted by molar-refractivity contribution is -0.125. The minimum atomic E-state index is -0.568. The summed E-state index contributed by atoms with van der Waals surface area (Å²) in [5.74, 6) is -0.0421. The molecular weight excluding hydrogens is 388 g/mol. The van der Waals surface area contributed by atoms with Crippen molar-refractivity contribution < 1.29 is 19.1 Å². The fraction of sp³-hybridized carbons (Fsp3) is 0.409. The van der Waals surface area contributed by atoms with E-state index in [1.165, 1.54) is 17.8 Å². The number of anilines is 1. The summed E-state index contributed by atoms with van der Waals surface area (Å²) in [6.45, 7) is 4.06. The summed E-state index contributed by atoms with van der Waals surface area (Å²) in [5.41, 5.74) is 0.907. The first kappa shape index (κ1) is 21.0. The molecule has 0 aliphatic heterocycles. The Balaban J connectivity index is 1.46. The van der Waals surface area contributed by atoms with Crippen molar-refractivity contribution in [2.75, 3.05) is 11.9 Å². The van der Waals surface area contributed by atoms with Crippen LogP contribution in [0.3, 0.4) is 0 Å². The van der Waals surface area contributed by atoms with Gasteiger partial charge in [0.05, 0.1) is 10.4 Å². The lowest BCUT2D eigenvalue weighted by Gasteiger charge is -2.34. The maximum Gasteiger partial charge on any atom is 0.338 e. The summed E-state index contributed by atoms with van der Waals surface area (Å²) in [6.07, 6.45) is 3.25. The Bertz CT molecular complexity index is 848. The molecule has 1 fully saturated rings. The number of rotatable bonds is 6. The molecule has 29 heavy (non-hydrogen) atoms. The fourth-order valence-electron chi connectivity index (χ4n) is 3.54. The molecule has 0 unspecified atom stereocenters. The van der Waals surface area contributed by atoms with Crippen LogP contribution in [0.15, 0.2) is 41.8 Å². The number of benzene rings is 1. The Morgan fingerprint density at radius 1 is 1.10 bits per heavy atom. The van der Waals surface area contributed by atoms with Crippen molar-refractivity contribution >= 4 is 34.8 Å². The number of hydrogen-bond donors (Lipinski definition) is 2. The van der Waals surface area contributed by atoms with Gasteiger partial charge in [-0.2, -0.15) is 0 Å². The van der Waals surface area contributed by atoms with E-state index in [2.05, 4.69) is 24.5 Å². The van der Waals surface area contributed by atoms with Gasteiger partial charge in [-0.15, -0.1) is 11.3 Å². The third-order valence-corrected chi connectivity index (χ3v) is 6.38. The van der Waals surface area contributed by atoms with Crippen molar-refractivity contribution in [3.63, 3.8) is 0 Å². The molecule has 2 aromatic rings. The summed E-state index contributed by atoms with van der Waals surface area (Å²) in [5, 5.41) is 7.59. The van der Waals surface area contributed by atoms with E-state index in [4.69, 9.17) is 4.74 Å². The molecule has 2 N–H and O–H groups in total. The number of amides is 2. The molecule has 1 aliphatic rings. The summed E-state index contributed by atoms with van der Waals surface area (Å²) in [6, 6.07) is 10.1. The van der Waals surface area contributed by atoms with Gasteiger partial charge in [-0.1, -0.05) is 32.8 Å². The maximum atomic E-state index is 12.2.